The molecule has 8 heteroatoms. The molecule has 1 saturated carbocycles. The highest BCUT2D eigenvalue weighted by molar-refractivity contribution is 6.12. The number of pyridine rings is 1. The van der Waals surface area contributed by atoms with Gasteiger partial charge in [-0.3, -0.25) is 19.3 Å². The topological polar surface area (TPSA) is 103 Å². The summed E-state index contributed by atoms with van der Waals surface area (Å²) in [4.78, 5) is 45.4. The first-order valence-corrected chi connectivity index (χ1v) is 11.3. The molecule has 0 aromatic carbocycles. The zero-order valence-corrected chi connectivity index (χ0v) is 18.7. The lowest BCUT2D eigenvalue weighted by atomic mass is 9.92. The quantitative estimate of drug-likeness (QED) is 0.576. The largest absolute Gasteiger partial charge is 0.355 e. The van der Waals surface area contributed by atoms with E-state index < -0.39 is 12.1 Å². The van der Waals surface area contributed by atoms with Gasteiger partial charge in [0.05, 0.1) is 6.04 Å². The van der Waals surface area contributed by atoms with Gasteiger partial charge >= 0.3 is 0 Å². The second-order valence-corrected chi connectivity index (χ2v) is 8.05. The lowest BCUT2D eigenvalue weighted by Gasteiger charge is -2.28. The number of hydrogen-bond acceptors (Lipinski definition) is 5. The van der Waals surface area contributed by atoms with E-state index in [1.165, 1.54) is 4.90 Å². The molecule has 0 radical (unpaired) electrons. The van der Waals surface area contributed by atoms with Gasteiger partial charge in [0.2, 0.25) is 11.8 Å². The van der Waals surface area contributed by atoms with Crippen molar-refractivity contribution >= 4 is 23.5 Å². The Balaban J connectivity index is 2.00. The molecule has 1 aromatic heterocycles. The van der Waals surface area contributed by atoms with Gasteiger partial charge in [0.15, 0.2) is 0 Å². The number of fused-ring (bicyclic) bond motifs is 1. The molecule has 8 nitrogen and oxygen atoms in total. The van der Waals surface area contributed by atoms with Gasteiger partial charge in [-0.1, -0.05) is 19.4 Å². The smallest absolute Gasteiger partial charge is 0.276 e. The van der Waals surface area contributed by atoms with Crippen LogP contribution in [0, 0.1) is 0 Å². The minimum atomic E-state index is -0.681. The molecule has 2 heterocycles. The van der Waals surface area contributed by atoms with Crippen molar-refractivity contribution in [3.8, 4) is 0 Å². The number of allylic oxidation sites excluding steroid dienone is 1. The maximum Gasteiger partial charge on any atom is 0.276 e. The Morgan fingerprint density at radius 1 is 1.19 bits per heavy atom. The van der Waals surface area contributed by atoms with Crippen LogP contribution in [-0.2, 0) is 20.8 Å². The van der Waals surface area contributed by atoms with E-state index in [0.29, 0.717) is 30.9 Å². The molecule has 3 N–H and O–H groups in total. The van der Waals surface area contributed by atoms with Gasteiger partial charge in [0, 0.05) is 19.2 Å². The van der Waals surface area contributed by atoms with E-state index in [1.807, 2.05) is 26.0 Å². The minimum Gasteiger partial charge on any atom is -0.355 e. The molecule has 0 bridgehead atoms. The fraction of sp³-hybridized carbons (Fsp3) is 0.565. The number of rotatable bonds is 7. The number of amides is 3. The Kier molecular flexibility index (Phi) is 7.79. The molecule has 0 spiro atoms. The average Bonchev–Trinajstić information content (AvgIpc) is 3.18. The van der Waals surface area contributed by atoms with E-state index >= 15 is 0 Å². The fourth-order valence-electron chi connectivity index (χ4n) is 4.37. The summed E-state index contributed by atoms with van der Waals surface area (Å²) < 4.78 is 0. The summed E-state index contributed by atoms with van der Waals surface area (Å²) in [6.45, 7) is 4.25. The van der Waals surface area contributed by atoms with Crippen LogP contribution in [0.25, 0.3) is 0 Å². The molecule has 1 aliphatic heterocycles. The first-order valence-electron chi connectivity index (χ1n) is 11.3. The number of carbonyl (C=O) groups excluding carboxylic acids is 3. The molecule has 31 heavy (non-hydrogen) atoms. The van der Waals surface area contributed by atoms with Crippen LogP contribution in [0.1, 0.15) is 57.9 Å². The van der Waals surface area contributed by atoms with Gasteiger partial charge in [-0.15, -0.1) is 0 Å². The van der Waals surface area contributed by atoms with Gasteiger partial charge in [-0.05, 0) is 63.3 Å². The SMILES string of the molecule is CCNC(=O)C1Cc2cccnc2N1C(=O)C(NC(=O)[C@H](CC)NC)=C1CCCCC1. The highest BCUT2D eigenvalue weighted by Gasteiger charge is 2.41. The van der Waals surface area contributed by atoms with E-state index in [-0.39, 0.29) is 17.7 Å². The van der Waals surface area contributed by atoms with Crippen molar-refractivity contribution in [2.45, 2.75) is 70.9 Å². The molecule has 2 atom stereocenters. The maximum atomic E-state index is 13.9. The van der Waals surface area contributed by atoms with Crippen LogP contribution in [-0.4, -0.2) is 48.4 Å². The molecule has 168 valence electrons. The fourth-order valence-corrected chi connectivity index (χ4v) is 4.37. The maximum absolute atomic E-state index is 13.9. The number of nitrogens with one attached hydrogen (secondary N) is 3. The molecular formula is C23H33N5O3. The first-order chi connectivity index (χ1) is 15.0. The number of nitrogens with zero attached hydrogens (tertiary/aromatic N) is 2. The van der Waals surface area contributed by atoms with Gasteiger partial charge in [0.1, 0.15) is 17.6 Å². The molecule has 2 aliphatic rings. The van der Waals surface area contributed by atoms with Crippen LogP contribution in [0.4, 0.5) is 5.82 Å². The monoisotopic (exact) mass is 427 g/mol. The number of aromatic nitrogens is 1. The highest BCUT2D eigenvalue weighted by Crippen LogP contribution is 2.33. The van der Waals surface area contributed by atoms with Crippen LogP contribution < -0.4 is 20.9 Å². The highest BCUT2D eigenvalue weighted by atomic mass is 16.2. The van der Waals surface area contributed by atoms with Crippen molar-refractivity contribution in [2.75, 3.05) is 18.5 Å². The Hall–Kier alpha value is -2.74. The Labute approximate surface area is 183 Å². The minimum absolute atomic E-state index is 0.213. The van der Waals surface area contributed by atoms with Crippen molar-refractivity contribution in [1.29, 1.82) is 0 Å². The summed E-state index contributed by atoms with van der Waals surface area (Å²) >= 11 is 0. The Morgan fingerprint density at radius 2 is 1.94 bits per heavy atom. The normalized spacial score (nSPS) is 18.9. The summed E-state index contributed by atoms with van der Waals surface area (Å²) in [5.41, 5.74) is 2.12. The van der Waals surface area contributed by atoms with Crippen molar-refractivity contribution in [3.05, 3.63) is 35.2 Å². The van der Waals surface area contributed by atoms with Crippen LogP contribution in [0.15, 0.2) is 29.6 Å². The molecule has 1 fully saturated rings. The van der Waals surface area contributed by atoms with Gasteiger partial charge in [-0.2, -0.15) is 0 Å². The molecule has 1 aromatic rings. The first kappa shape index (κ1) is 22.9. The van der Waals surface area contributed by atoms with E-state index in [1.54, 1.807) is 13.2 Å². The number of hydrogen-bond donors (Lipinski definition) is 3. The lowest BCUT2D eigenvalue weighted by molar-refractivity contribution is -0.126. The molecule has 3 rings (SSSR count). The van der Waals surface area contributed by atoms with Crippen LogP contribution >= 0.6 is 0 Å². The number of anilines is 1. The zero-order chi connectivity index (χ0) is 22.4. The Bertz CT molecular complexity index is 855. The summed E-state index contributed by atoms with van der Waals surface area (Å²) in [6.07, 6.45) is 7.26. The third kappa shape index (κ3) is 4.95. The second-order valence-electron chi connectivity index (χ2n) is 8.05. The van der Waals surface area contributed by atoms with E-state index in [9.17, 15) is 14.4 Å². The van der Waals surface area contributed by atoms with Crippen LogP contribution in [0.2, 0.25) is 0 Å². The van der Waals surface area contributed by atoms with Crippen molar-refractivity contribution in [2.24, 2.45) is 0 Å². The van der Waals surface area contributed by atoms with Crippen LogP contribution in [0.5, 0.6) is 0 Å². The summed E-state index contributed by atoms with van der Waals surface area (Å²) in [7, 11) is 1.73. The molecule has 3 amide bonds. The van der Waals surface area contributed by atoms with E-state index in [0.717, 1.165) is 43.2 Å². The molecular weight excluding hydrogens is 394 g/mol. The van der Waals surface area contributed by atoms with E-state index in [2.05, 4.69) is 20.9 Å². The van der Waals surface area contributed by atoms with E-state index in [4.69, 9.17) is 0 Å². The average molecular weight is 428 g/mol. The summed E-state index contributed by atoms with van der Waals surface area (Å²) in [5, 5.41) is 8.74. The van der Waals surface area contributed by atoms with Gasteiger partial charge in [0.25, 0.3) is 5.91 Å². The standard InChI is InChI=1S/C23H33N5O3/c1-4-17(24-3)21(29)27-19(15-10-7-6-8-11-15)23(31)28-18(22(30)25-5-2)14-16-12-9-13-26-20(16)28/h9,12-13,17-18,24H,4-8,10-11,14H2,1-3H3,(H,25,30)(H,27,29)/t17-,18?/m0/s1. The molecule has 1 unspecified atom stereocenters. The van der Waals surface area contributed by atoms with Crippen LogP contribution in [0.3, 0.4) is 0 Å². The predicted octanol–water partition coefficient (Wildman–Crippen LogP) is 1.81. The number of likely N-dealkylation sites (N-methyl/N-ethyl adjacent to an activating group) is 2. The van der Waals surface area contributed by atoms with Crippen molar-refractivity contribution < 1.29 is 14.4 Å². The van der Waals surface area contributed by atoms with Gasteiger partial charge < -0.3 is 16.0 Å². The van der Waals surface area contributed by atoms with Crippen molar-refractivity contribution in [3.63, 3.8) is 0 Å². The van der Waals surface area contributed by atoms with Crippen molar-refractivity contribution in [1.82, 2.24) is 20.9 Å². The molecule has 0 saturated heterocycles. The number of carbonyl (C=O) groups is 3. The third-order valence-electron chi connectivity index (χ3n) is 6.04. The van der Waals surface area contributed by atoms with Gasteiger partial charge in [-0.25, -0.2) is 4.98 Å². The second kappa shape index (κ2) is 10.5. The predicted molar refractivity (Wildman–Crippen MR) is 119 cm³/mol. The Morgan fingerprint density at radius 3 is 2.58 bits per heavy atom. The lowest BCUT2D eigenvalue weighted by Crippen LogP contribution is -2.52. The summed E-state index contributed by atoms with van der Waals surface area (Å²) in [5.74, 6) is -0.311. The zero-order valence-electron chi connectivity index (χ0n) is 18.7. The molecule has 1 aliphatic carbocycles. The summed E-state index contributed by atoms with van der Waals surface area (Å²) in [6, 6.07) is 2.62. The third-order valence-corrected chi connectivity index (χ3v) is 6.04.